The standard InChI is InChI=1S/C14H11BrF3NO/c1-20-8-5-11(17)13(12(18)6-8)14(19)9-4-7(15)2-3-10(9)16/h2-6,14H,19H2,1H3. The Morgan fingerprint density at radius 2 is 1.65 bits per heavy atom. The van der Waals surface area contributed by atoms with E-state index < -0.39 is 29.1 Å². The quantitative estimate of drug-likeness (QED) is 0.914. The molecule has 1 unspecified atom stereocenters. The van der Waals surface area contributed by atoms with Gasteiger partial charge in [0.25, 0.3) is 0 Å². The molecule has 2 rings (SSSR count). The lowest BCUT2D eigenvalue weighted by atomic mass is 9.98. The summed E-state index contributed by atoms with van der Waals surface area (Å²) in [6, 6.07) is 4.81. The highest BCUT2D eigenvalue weighted by molar-refractivity contribution is 9.10. The van der Waals surface area contributed by atoms with Gasteiger partial charge in [-0.1, -0.05) is 15.9 Å². The molecular weight excluding hydrogens is 335 g/mol. The average Bonchev–Trinajstić information content (AvgIpc) is 2.40. The van der Waals surface area contributed by atoms with Crippen LogP contribution in [0.5, 0.6) is 5.75 Å². The second kappa shape index (κ2) is 5.85. The maximum Gasteiger partial charge on any atom is 0.134 e. The number of halogens is 4. The number of ether oxygens (including phenoxy) is 1. The molecule has 1 atom stereocenters. The predicted molar refractivity (Wildman–Crippen MR) is 73.0 cm³/mol. The van der Waals surface area contributed by atoms with Gasteiger partial charge in [-0.3, -0.25) is 0 Å². The fourth-order valence-electron chi connectivity index (χ4n) is 1.88. The molecule has 0 aromatic heterocycles. The van der Waals surface area contributed by atoms with Crippen LogP contribution in [0.4, 0.5) is 13.2 Å². The van der Waals surface area contributed by atoms with E-state index in [0.29, 0.717) is 4.47 Å². The molecule has 0 saturated carbocycles. The molecule has 6 heteroatoms. The maximum atomic E-state index is 13.9. The lowest BCUT2D eigenvalue weighted by molar-refractivity contribution is 0.404. The molecule has 0 bridgehead atoms. The number of hydrogen-bond donors (Lipinski definition) is 1. The number of nitrogens with two attached hydrogens (primary N) is 1. The van der Waals surface area contributed by atoms with E-state index in [1.54, 1.807) is 0 Å². The van der Waals surface area contributed by atoms with Gasteiger partial charge in [-0.25, -0.2) is 13.2 Å². The third kappa shape index (κ3) is 2.81. The van der Waals surface area contributed by atoms with Crippen molar-refractivity contribution in [2.24, 2.45) is 5.73 Å². The first kappa shape index (κ1) is 14.9. The third-order valence-electron chi connectivity index (χ3n) is 2.89. The van der Waals surface area contributed by atoms with Crippen LogP contribution in [0.3, 0.4) is 0 Å². The zero-order valence-corrected chi connectivity index (χ0v) is 12.0. The van der Waals surface area contributed by atoms with E-state index in [1.165, 1.54) is 25.3 Å². The summed E-state index contributed by atoms with van der Waals surface area (Å²) in [4.78, 5) is 0. The summed E-state index contributed by atoms with van der Waals surface area (Å²) in [6.45, 7) is 0. The smallest absolute Gasteiger partial charge is 0.134 e. The number of rotatable bonds is 3. The second-order valence-electron chi connectivity index (χ2n) is 4.15. The normalized spacial score (nSPS) is 12.3. The summed E-state index contributed by atoms with van der Waals surface area (Å²) < 4.78 is 46.9. The van der Waals surface area contributed by atoms with E-state index >= 15 is 0 Å². The van der Waals surface area contributed by atoms with E-state index in [4.69, 9.17) is 10.5 Å². The Morgan fingerprint density at radius 1 is 1.05 bits per heavy atom. The van der Waals surface area contributed by atoms with Crippen LogP contribution in [-0.4, -0.2) is 7.11 Å². The van der Waals surface area contributed by atoms with Crippen LogP contribution in [0.1, 0.15) is 17.2 Å². The minimum absolute atomic E-state index is 0.00217. The van der Waals surface area contributed by atoms with Crippen LogP contribution in [0, 0.1) is 17.5 Å². The summed E-state index contributed by atoms with van der Waals surface area (Å²) in [5.74, 6) is -2.36. The Labute approximate surface area is 122 Å². The van der Waals surface area contributed by atoms with Crippen molar-refractivity contribution in [2.75, 3.05) is 7.11 Å². The van der Waals surface area contributed by atoms with Crippen molar-refractivity contribution in [3.63, 3.8) is 0 Å². The molecule has 0 fully saturated rings. The zero-order valence-electron chi connectivity index (χ0n) is 10.5. The molecule has 0 heterocycles. The first-order valence-corrected chi connectivity index (χ1v) is 6.46. The first-order chi connectivity index (χ1) is 9.43. The van der Waals surface area contributed by atoms with E-state index in [-0.39, 0.29) is 11.3 Å². The van der Waals surface area contributed by atoms with Gasteiger partial charge in [-0.05, 0) is 18.2 Å². The fourth-order valence-corrected chi connectivity index (χ4v) is 2.26. The molecule has 0 amide bonds. The zero-order chi connectivity index (χ0) is 14.9. The lowest BCUT2D eigenvalue weighted by Crippen LogP contribution is -2.17. The first-order valence-electron chi connectivity index (χ1n) is 5.67. The van der Waals surface area contributed by atoms with E-state index in [9.17, 15) is 13.2 Å². The van der Waals surface area contributed by atoms with Gasteiger partial charge in [0.1, 0.15) is 23.2 Å². The molecule has 0 spiro atoms. The molecule has 2 nitrogen and oxygen atoms in total. The van der Waals surface area contributed by atoms with Crippen LogP contribution >= 0.6 is 15.9 Å². The van der Waals surface area contributed by atoms with Gasteiger partial charge in [0.15, 0.2) is 0 Å². The fraction of sp³-hybridized carbons (Fsp3) is 0.143. The Kier molecular flexibility index (Phi) is 4.35. The highest BCUT2D eigenvalue weighted by Crippen LogP contribution is 2.30. The summed E-state index contributed by atoms with van der Waals surface area (Å²) in [6.07, 6.45) is 0. The minimum atomic E-state index is -1.25. The van der Waals surface area contributed by atoms with Crippen molar-refractivity contribution in [2.45, 2.75) is 6.04 Å². The van der Waals surface area contributed by atoms with E-state index in [2.05, 4.69) is 15.9 Å². The van der Waals surface area contributed by atoms with Gasteiger partial charge in [0.05, 0.1) is 13.2 Å². The van der Waals surface area contributed by atoms with Crippen molar-refractivity contribution in [1.29, 1.82) is 0 Å². The molecule has 20 heavy (non-hydrogen) atoms. The van der Waals surface area contributed by atoms with Crippen molar-refractivity contribution < 1.29 is 17.9 Å². The molecule has 0 aliphatic carbocycles. The molecule has 0 aliphatic heterocycles. The number of hydrogen-bond acceptors (Lipinski definition) is 2. The van der Waals surface area contributed by atoms with Crippen molar-refractivity contribution in [3.05, 3.63) is 63.4 Å². The van der Waals surface area contributed by atoms with E-state index in [1.807, 2.05) is 0 Å². The predicted octanol–water partition coefficient (Wildman–Crippen LogP) is 3.92. The summed E-state index contributed by atoms with van der Waals surface area (Å²) in [5, 5.41) is 0. The average molecular weight is 346 g/mol. The third-order valence-corrected chi connectivity index (χ3v) is 3.39. The van der Waals surface area contributed by atoms with Gasteiger partial charge in [-0.2, -0.15) is 0 Å². The lowest BCUT2D eigenvalue weighted by Gasteiger charge is -2.16. The van der Waals surface area contributed by atoms with Crippen molar-refractivity contribution in [3.8, 4) is 5.75 Å². The molecule has 2 N–H and O–H groups in total. The molecule has 106 valence electrons. The number of methoxy groups -OCH3 is 1. The van der Waals surface area contributed by atoms with Crippen LogP contribution in [0.15, 0.2) is 34.8 Å². The monoisotopic (exact) mass is 345 g/mol. The summed E-state index contributed by atoms with van der Waals surface area (Å²) >= 11 is 3.17. The van der Waals surface area contributed by atoms with Crippen LogP contribution < -0.4 is 10.5 Å². The number of benzene rings is 2. The Morgan fingerprint density at radius 3 is 2.20 bits per heavy atom. The summed E-state index contributed by atoms with van der Waals surface area (Å²) in [7, 11) is 1.29. The largest absolute Gasteiger partial charge is 0.497 e. The molecular formula is C14H11BrF3NO. The van der Waals surface area contributed by atoms with Gasteiger partial charge >= 0.3 is 0 Å². The van der Waals surface area contributed by atoms with Gasteiger partial charge in [-0.15, -0.1) is 0 Å². The Bertz CT molecular complexity index is 625. The highest BCUT2D eigenvalue weighted by Gasteiger charge is 2.22. The molecule has 0 radical (unpaired) electrons. The molecule has 2 aromatic rings. The molecule has 0 aliphatic rings. The van der Waals surface area contributed by atoms with Crippen molar-refractivity contribution >= 4 is 15.9 Å². The maximum absolute atomic E-state index is 13.9. The highest BCUT2D eigenvalue weighted by atomic mass is 79.9. The Balaban J connectivity index is 2.53. The summed E-state index contributed by atoms with van der Waals surface area (Å²) in [5.41, 5.74) is 5.40. The Hall–Kier alpha value is -1.53. The van der Waals surface area contributed by atoms with Crippen LogP contribution in [0.2, 0.25) is 0 Å². The van der Waals surface area contributed by atoms with Crippen LogP contribution in [-0.2, 0) is 0 Å². The molecule has 0 saturated heterocycles. The van der Waals surface area contributed by atoms with Crippen molar-refractivity contribution in [1.82, 2.24) is 0 Å². The van der Waals surface area contributed by atoms with Gasteiger partial charge in [0, 0.05) is 27.7 Å². The van der Waals surface area contributed by atoms with Crippen LogP contribution in [0.25, 0.3) is 0 Å². The topological polar surface area (TPSA) is 35.2 Å². The minimum Gasteiger partial charge on any atom is -0.497 e. The SMILES string of the molecule is COc1cc(F)c(C(N)c2cc(Br)ccc2F)c(F)c1. The second-order valence-corrected chi connectivity index (χ2v) is 5.06. The molecule has 2 aromatic carbocycles. The van der Waals surface area contributed by atoms with E-state index in [0.717, 1.165) is 12.1 Å². The van der Waals surface area contributed by atoms with Gasteiger partial charge < -0.3 is 10.5 Å². The van der Waals surface area contributed by atoms with Gasteiger partial charge in [0.2, 0.25) is 0 Å².